The first-order valence-corrected chi connectivity index (χ1v) is 5.58. The van der Waals surface area contributed by atoms with Crippen LogP contribution in [0, 0.1) is 29.1 Å². The van der Waals surface area contributed by atoms with Gasteiger partial charge in [-0.2, -0.15) is 0 Å². The summed E-state index contributed by atoms with van der Waals surface area (Å²) in [5, 5.41) is 0. The average Bonchev–Trinajstić information content (AvgIpc) is 2.40. The summed E-state index contributed by atoms with van der Waals surface area (Å²) in [5.41, 5.74) is 0. The molecular weight excluding hydrogens is 271 g/mol. The van der Waals surface area contributed by atoms with E-state index in [1.54, 1.807) is 18.2 Å². The maximum Gasteiger partial charge on any atom is 0.200 e. The van der Waals surface area contributed by atoms with Crippen LogP contribution in [0.1, 0.15) is 0 Å². The van der Waals surface area contributed by atoms with E-state index in [0.717, 1.165) is 0 Å². The van der Waals surface area contributed by atoms with Gasteiger partial charge in [0, 0.05) is 4.90 Å². The molecule has 2 aromatic rings. The average molecular weight is 276 g/mol. The van der Waals surface area contributed by atoms with Crippen LogP contribution in [0.4, 0.5) is 22.0 Å². The fourth-order valence-electron chi connectivity index (χ4n) is 1.28. The monoisotopic (exact) mass is 276 g/mol. The number of halogens is 5. The SMILES string of the molecule is Fc1c(F)c(F)c(Sc2ccccc2)c(F)c1F. The quantitative estimate of drug-likeness (QED) is 0.441. The van der Waals surface area contributed by atoms with Gasteiger partial charge in [0.2, 0.25) is 5.82 Å². The smallest absolute Gasteiger partial charge is 0.200 e. The van der Waals surface area contributed by atoms with Crippen molar-refractivity contribution in [3.63, 3.8) is 0 Å². The van der Waals surface area contributed by atoms with Gasteiger partial charge >= 0.3 is 0 Å². The topological polar surface area (TPSA) is 0 Å². The van der Waals surface area contributed by atoms with E-state index in [9.17, 15) is 22.0 Å². The molecule has 0 N–H and O–H groups in total. The predicted molar refractivity (Wildman–Crippen MR) is 56.8 cm³/mol. The van der Waals surface area contributed by atoms with Gasteiger partial charge in [0.15, 0.2) is 23.3 Å². The third-order valence-corrected chi connectivity index (χ3v) is 3.20. The van der Waals surface area contributed by atoms with Crippen LogP contribution in [-0.4, -0.2) is 0 Å². The molecule has 0 spiro atoms. The lowest BCUT2D eigenvalue weighted by Crippen LogP contribution is -2.03. The highest BCUT2D eigenvalue weighted by molar-refractivity contribution is 7.99. The molecule has 6 heteroatoms. The Bertz CT molecular complexity index is 554. The maximum atomic E-state index is 13.3. The lowest BCUT2D eigenvalue weighted by Gasteiger charge is -2.07. The number of hydrogen-bond acceptors (Lipinski definition) is 1. The predicted octanol–water partition coefficient (Wildman–Crippen LogP) is 4.53. The van der Waals surface area contributed by atoms with Crippen molar-refractivity contribution in [2.75, 3.05) is 0 Å². The molecule has 0 bridgehead atoms. The normalized spacial score (nSPS) is 10.7. The Morgan fingerprint density at radius 2 is 1.06 bits per heavy atom. The molecule has 0 radical (unpaired) electrons. The van der Waals surface area contributed by atoms with Gasteiger partial charge in [-0.1, -0.05) is 30.0 Å². The van der Waals surface area contributed by atoms with Crippen molar-refractivity contribution in [3.8, 4) is 0 Å². The molecule has 0 aliphatic heterocycles. The van der Waals surface area contributed by atoms with Gasteiger partial charge in [-0.05, 0) is 12.1 Å². The summed E-state index contributed by atoms with van der Waals surface area (Å²) in [6.07, 6.45) is 0. The molecule has 2 rings (SSSR count). The largest absolute Gasteiger partial charge is 0.202 e. The zero-order valence-electron chi connectivity index (χ0n) is 8.68. The van der Waals surface area contributed by atoms with Gasteiger partial charge in [-0.25, -0.2) is 22.0 Å². The fourth-order valence-corrected chi connectivity index (χ4v) is 2.17. The Morgan fingerprint density at radius 1 is 0.611 bits per heavy atom. The summed E-state index contributed by atoms with van der Waals surface area (Å²) in [6.45, 7) is 0. The van der Waals surface area contributed by atoms with Gasteiger partial charge in [0.05, 0.1) is 4.90 Å². The maximum absolute atomic E-state index is 13.3. The molecule has 2 aromatic carbocycles. The molecule has 0 saturated heterocycles. The van der Waals surface area contributed by atoms with E-state index in [4.69, 9.17) is 0 Å². The summed E-state index contributed by atoms with van der Waals surface area (Å²) in [7, 11) is 0. The molecule has 0 nitrogen and oxygen atoms in total. The summed E-state index contributed by atoms with van der Waals surface area (Å²) in [5.74, 6) is -9.66. The molecule has 0 unspecified atom stereocenters. The van der Waals surface area contributed by atoms with Gasteiger partial charge in [-0.15, -0.1) is 0 Å². The Balaban J connectivity index is 2.52. The minimum atomic E-state index is -2.15. The van der Waals surface area contributed by atoms with Crippen LogP contribution in [-0.2, 0) is 0 Å². The molecule has 0 aliphatic carbocycles. The Hall–Kier alpha value is -1.56. The summed E-state index contributed by atoms with van der Waals surface area (Å²) >= 11 is 0.481. The van der Waals surface area contributed by atoms with Crippen molar-refractivity contribution in [1.82, 2.24) is 0 Å². The number of benzene rings is 2. The van der Waals surface area contributed by atoms with E-state index in [2.05, 4.69) is 0 Å². The van der Waals surface area contributed by atoms with Crippen LogP contribution in [0.5, 0.6) is 0 Å². The van der Waals surface area contributed by atoms with Gasteiger partial charge in [0.1, 0.15) is 0 Å². The van der Waals surface area contributed by atoms with Gasteiger partial charge in [-0.3, -0.25) is 0 Å². The van der Waals surface area contributed by atoms with Crippen LogP contribution in [0.3, 0.4) is 0 Å². The van der Waals surface area contributed by atoms with Crippen molar-refractivity contribution < 1.29 is 22.0 Å². The molecule has 0 fully saturated rings. The summed E-state index contributed by atoms with van der Waals surface area (Å²) < 4.78 is 65.4. The second-order valence-electron chi connectivity index (χ2n) is 3.31. The molecular formula is C12H5F5S. The summed E-state index contributed by atoms with van der Waals surface area (Å²) in [4.78, 5) is -0.529. The van der Waals surface area contributed by atoms with Crippen LogP contribution in [0.25, 0.3) is 0 Å². The van der Waals surface area contributed by atoms with E-state index in [1.165, 1.54) is 12.1 Å². The fraction of sp³-hybridized carbons (Fsp3) is 0. The first kappa shape index (κ1) is 12.9. The Kier molecular flexibility index (Phi) is 3.56. The van der Waals surface area contributed by atoms with E-state index in [-0.39, 0.29) is 0 Å². The molecule has 0 aliphatic rings. The second kappa shape index (κ2) is 4.97. The molecule has 0 saturated carbocycles. The Labute approximate surface area is 103 Å². The highest BCUT2D eigenvalue weighted by Gasteiger charge is 2.26. The highest BCUT2D eigenvalue weighted by atomic mass is 32.2. The van der Waals surface area contributed by atoms with Crippen molar-refractivity contribution in [2.45, 2.75) is 9.79 Å². The summed E-state index contributed by atoms with van der Waals surface area (Å²) in [6, 6.07) is 7.86. The standard InChI is InChI=1S/C12H5F5S/c13-7-8(14)10(16)12(11(17)9(7)15)18-6-4-2-1-3-5-6/h1-5H. The van der Waals surface area contributed by atoms with Crippen molar-refractivity contribution in [3.05, 3.63) is 59.4 Å². The Morgan fingerprint density at radius 3 is 1.56 bits per heavy atom. The molecule has 0 aromatic heterocycles. The lowest BCUT2D eigenvalue weighted by molar-refractivity contribution is 0.361. The number of hydrogen-bond donors (Lipinski definition) is 0. The van der Waals surface area contributed by atoms with E-state index >= 15 is 0 Å². The zero-order valence-corrected chi connectivity index (χ0v) is 9.50. The highest BCUT2D eigenvalue weighted by Crippen LogP contribution is 2.35. The first-order valence-electron chi connectivity index (χ1n) is 4.76. The van der Waals surface area contributed by atoms with Crippen molar-refractivity contribution >= 4 is 11.8 Å². The lowest BCUT2D eigenvalue weighted by atomic mass is 10.3. The van der Waals surface area contributed by atoms with E-state index in [0.29, 0.717) is 16.7 Å². The van der Waals surface area contributed by atoms with E-state index < -0.39 is 34.0 Å². The molecule has 94 valence electrons. The van der Waals surface area contributed by atoms with Gasteiger partial charge < -0.3 is 0 Å². The molecule has 0 amide bonds. The molecule has 18 heavy (non-hydrogen) atoms. The third kappa shape index (κ3) is 2.20. The van der Waals surface area contributed by atoms with Crippen molar-refractivity contribution in [1.29, 1.82) is 0 Å². The van der Waals surface area contributed by atoms with Gasteiger partial charge in [0.25, 0.3) is 0 Å². The van der Waals surface area contributed by atoms with Crippen LogP contribution in [0.2, 0.25) is 0 Å². The van der Waals surface area contributed by atoms with Crippen LogP contribution < -0.4 is 0 Å². The number of rotatable bonds is 2. The minimum absolute atomic E-state index is 0.376. The first-order chi connectivity index (χ1) is 8.52. The minimum Gasteiger partial charge on any atom is -0.202 e. The molecule has 0 heterocycles. The van der Waals surface area contributed by atoms with Crippen LogP contribution in [0.15, 0.2) is 40.1 Å². The zero-order chi connectivity index (χ0) is 13.3. The molecule has 0 atom stereocenters. The van der Waals surface area contributed by atoms with Crippen molar-refractivity contribution in [2.24, 2.45) is 0 Å². The van der Waals surface area contributed by atoms with E-state index in [1.807, 2.05) is 0 Å². The second-order valence-corrected chi connectivity index (χ2v) is 4.40. The third-order valence-electron chi connectivity index (χ3n) is 2.13. The van der Waals surface area contributed by atoms with Crippen LogP contribution >= 0.6 is 11.8 Å².